The first kappa shape index (κ1) is 13.1. The number of carboxylic acids is 1. The maximum Gasteiger partial charge on any atom is 0.303 e. The smallest absolute Gasteiger partial charge is 0.303 e. The molecule has 0 saturated carbocycles. The van der Waals surface area contributed by atoms with Gasteiger partial charge < -0.3 is 9.84 Å². The lowest BCUT2D eigenvalue weighted by atomic mass is 9.95. The highest BCUT2D eigenvalue weighted by atomic mass is 16.5. The molecule has 1 aromatic rings. The minimum atomic E-state index is -0.691. The molecule has 98 valence electrons. The molecule has 1 fully saturated rings. The maximum absolute atomic E-state index is 10.5. The summed E-state index contributed by atoms with van der Waals surface area (Å²) in [5, 5.41) is 8.68. The van der Waals surface area contributed by atoms with Gasteiger partial charge in [0.1, 0.15) is 0 Å². The zero-order valence-electron chi connectivity index (χ0n) is 10.6. The van der Waals surface area contributed by atoms with Gasteiger partial charge in [0.15, 0.2) is 0 Å². The predicted molar refractivity (Wildman–Crippen MR) is 68.2 cm³/mol. The molecule has 2 rings (SSSR count). The van der Waals surface area contributed by atoms with E-state index in [9.17, 15) is 4.79 Å². The number of aliphatic carboxylic acids is 1. The average Bonchev–Trinajstić information content (AvgIpc) is 2.28. The van der Waals surface area contributed by atoms with E-state index < -0.39 is 5.97 Å². The molecule has 0 spiro atoms. The first-order valence-electron chi connectivity index (χ1n) is 6.18. The van der Waals surface area contributed by atoms with Crippen molar-refractivity contribution in [3.8, 4) is 0 Å². The Morgan fingerprint density at radius 1 is 1.33 bits per heavy atom. The second-order valence-electron chi connectivity index (χ2n) is 4.91. The van der Waals surface area contributed by atoms with Crippen molar-refractivity contribution in [2.75, 3.05) is 20.2 Å². The zero-order chi connectivity index (χ0) is 13.0. The number of rotatable bonds is 6. The Labute approximate surface area is 107 Å². The van der Waals surface area contributed by atoms with E-state index in [1.54, 1.807) is 7.11 Å². The van der Waals surface area contributed by atoms with Gasteiger partial charge in [-0.05, 0) is 17.0 Å². The maximum atomic E-state index is 10.5. The van der Waals surface area contributed by atoms with Crippen LogP contribution in [0.15, 0.2) is 24.3 Å². The van der Waals surface area contributed by atoms with Crippen molar-refractivity contribution in [2.24, 2.45) is 5.92 Å². The standard InChI is InChI=1S/C14H19NO3/c1-18-10-12-4-2-11(3-5-12)7-15-8-13(9-15)6-14(16)17/h2-5,13H,6-10H2,1H3,(H,16,17). The Morgan fingerprint density at radius 3 is 2.50 bits per heavy atom. The van der Waals surface area contributed by atoms with E-state index in [1.807, 2.05) is 0 Å². The fraction of sp³-hybridized carbons (Fsp3) is 0.500. The summed E-state index contributed by atoms with van der Waals surface area (Å²) in [5.41, 5.74) is 2.44. The van der Waals surface area contributed by atoms with Crippen LogP contribution in [-0.4, -0.2) is 36.2 Å². The molecule has 1 aliphatic heterocycles. The third-order valence-corrected chi connectivity index (χ3v) is 3.24. The summed E-state index contributed by atoms with van der Waals surface area (Å²) < 4.78 is 5.07. The van der Waals surface area contributed by atoms with Gasteiger partial charge in [-0.3, -0.25) is 9.69 Å². The SMILES string of the molecule is COCc1ccc(CN2CC(CC(=O)O)C2)cc1. The predicted octanol–water partition coefficient (Wildman–Crippen LogP) is 1.74. The van der Waals surface area contributed by atoms with Gasteiger partial charge in [-0.15, -0.1) is 0 Å². The number of methoxy groups -OCH3 is 1. The van der Waals surface area contributed by atoms with E-state index >= 15 is 0 Å². The number of likely N-dealkylation sites (tertiary alicyclic amines) is 1. The fourth-order valence-electron chi connectivity index (χ4n) is 2.35. The highest BCUT2D eigenvalue weighted by Gasteiger charge is 2.28. The molecule has 0 radical (unpaired) electrons. The van der Waals surface area contributed by atoms with E-state index in [0.717, 1.165) is 19.6 Å². The zero-order valence-corrected chi connectivity index (χ0v) is 10.6. The molecule has 1 N–H and O–H groups in total. The number of carbonyl (C=O) groups is 1. The highest BCUT2D eigenvalue weighted by Crippen LogP contribution is 2.21. The van der Waals surface area contributed by atoms with Crippen LogP contribution >= 0.6 is 0 Å². The lowest BCUT2D eigenvalue weighted by Crippen LogP contribution is -2.46. The van der Waals surface area contributed by atoms with Gasteiger partial charge in [-0.1, -0.05) is 24.3 Å². The summed E-state index contributed by atoms with van der Waals surface area (Å²) in [4.78, 5) is 12.8. The quantitative estimate of drug-likeness (QED) is 0.834. The van der Waals surface area contributed by atoms with Gasteiger partial charge in [0.05, 0.1) is 13.0 Å². The van der Waals surface area contributed by atoms with Crippen molar-refractivity contribution in [1.29, 1.82) is 0 Å². The second-order valence-corrected chi connectivity index (χ2v) is 4.91. The normalized spacial score (nSPS) is 16.5. The van der Waals surface area contributed by atoms with Crippen LogP contribution < -0.4 is 0 Å². The van der Waals surface area contributed by atoms with Crippen LogP contribution in [0.25, 0.3) is 0 Å². The minimum absolute atomic E-state index is 0.295. The molecule has 4 nitrogen and oxygen atoms in total. The largest absolute Gasteiger partial charge is 0.481 e. The Bertz CT molecular complexity index is 396. The van der Waals surface area contributed by atoms with E-state index in [0.29, 0.717) is 18.9 Å². The van der Waals surface area contributed by atoms with Crippen LogP contribution in [0.2, 0.25) is 0 Å². The average molecular weight is 249 g/mol. The lowest BCUT2D eigenvalue weighted by molar-refractivity contribution is -0.139. The number of ether oxygens (including phenoxy) is 1. The van der Waals surface area contributed by atoms with E-state index in [2.05, 4.69) is 29.2 Å². The summed E-state index contributed by atoms with van der Waals surface area (Å²) in [6, 6.07) is 8.37. The molecule has 18 heavy (non-hydrogen) atoms. The van der Waals surface area contributed by atoms with Gasteiger partial charge in [0.2, 0.25) is 0 Å². The Kier molecular flexibility index (Phi) is 4.33. The van der Waals surface area contributed by atoms with Gasteiger partial charge >= 0.3 is 5.97 Å². The number of nitrogens with zero attached hydrogens (tertiary/aromatic N) is 1. The van der Waals surface area contributed by atoms with Crippen LogP contribution in [0.5, 0.6) is 0 Å². The molecular formula is C14H19NO3. The van der Waals surface area contributed by atoms with Crippen LogP contribution in [-0.2, 0) is 22.7 Å². The van der Waals surface area contributed by atoms with Gasteiger partial charge in [0.25, 0.3) is 0 Å². The fourth-order valence-corrected chi connectivity index (χ4v) is 2.35. The summed E-state index contributed by atoms with van der Waals surface area (Å²) in [5.74, 6) is -0.362. The molecule has 1 aliphatic rings. The molecule has 0 amide bonds. The number of hydrogen-bond acceptors (Lipinski definition) is 3. The molecule has 4 heteroatoms. The number of benzene rings is 1. The molecule has 1 saturated heterocycles. The van der Waals surface area contributed by atoms with Crippen LogP contribution in [0.4, 0.5) is 0 Å². The second kappa shape index (κ2) is 5.98. The van der Waals surface area contributed by atoms with Crippen molar-refractivity contribution in [3.05, 3.63) is 35.4 Å². The molecule has 0 atom stereocenters. The molecule has 1 aromatic carbocycles. The van der Waals surface area contributed by atoms with E-state index in [4.69, 9.17) is 9.84 Å². The Hall–Kier alpha value is -1.39. The molecule has 0 unspecified atom stereocenters. The van der Waals surface area contributed by atoms with Crippen LogP contribution in [0.1, 0.15) is 17.5 Å². The van der Waals surface area contributed by atoms with Crippen LogP contribution in [0.3, 0.4) is 0 Å². The number of carboxylic acid groups (broad SMARTS) is 1. The molecule has 0 aromatic heterocycles. The van der Waals surface area contributed by atoms with Crippen molar-refractivity contribution < 1.29 is 14.6 Å². The topological polar surface area (TPSA) is 49.8 Å². The molecule has 0 bridgehead atoms. The Morgan fingerprint density at radius 2 is 1.94 bits per heavy atom. The van der Waals surface area contributed by atoms with Gasteiger partial charge in [-0.2, -0.15) is 0 Å². The summed E-state index contributed by atoms with van der Waals surface area (Å²) in [6.07, 6.45) is 0.295. The summed E-state index contributed by atoms with van der Waals surface area (Å²) in [7, 11) is 1.69. The van der Waals surface area contributed by atoms with Crippen LogP contribution in [0, 0.1) is 5.92 Å². The van der Waals surface area contributed by atoms with Gasteiger partial charge in [-0.25, -0.2) is 0 Å². The van der Waals surface area contributed by atoms with E-state index in [1.165, 1.54) is 11.1 Å². The van der Waals surface area contributed by atoms with E-state index in [-0.39, 0.29) is 0 Å². The van der Waals surface area contributed by atoms with Crippen molar-refractivity contribution in [2.45, 2.75) is 19.6 Å². The number of hydrogen-bond donors (Lipinski definition) is 1. The first-order chi connectivity index (χ1) is 8.67. The summed E-state index contributed by atoms with van der Waals surface area (Å²) >= 11 is 0. The highest BCUT2D eigenvalue weighted by molar-refractivity contribution is 5.67. The molecule has 1 heterocycles. The molecular weight excluding hydrogens is 230 g/mol. The van der Waals surface area contributed by atoms with Crippen molar-refractivity contribution >= 4 is 5.97 Å². The molecule has 0 aliphatic carbocycles. The lowest BCUT2D eigenvalue weighted by Gasteiger charge is -2.38. The Balaban J connectivity index is 1.76. The van der Waals surface area contributed by atoms with Crippen molar-refractivity contribution in [3.63, 3.8) is 0 Å². The van der Waals surface area contributed by atoms with Gasteiger partial charge in [0, 0.05) is 26.7 Å². The van der Waals surface area contributed by atoms with Crippen molar-refractivity contribution in [1.82, 2.24) is 4.90 Å². The third kappa shape index (κ3) is 3.55. The monoisotopic (exact) mass is 249 g/mol. The third-order valence-electron chi connectivity index (χ3n) is 3.24. The summed E-state index contributed by atoms with van der Waals surface area (Å²) in [6.45, 7) is 3.34. The first-order valence-corrected chi connectivity index (χ1v) is 6.18. The minimum Gasteiger partial charge on any atom is -0.481 e.